The van der Waals surface area contributed by atoms with Gasteiger partial charge in [0.2, 0.25) is 5.15 Å². The van der Waals surface area contributed by atoms with E-state index in [4.69, 9.17) is 11.6 Å². The van der Waals surface area contributed by atoms with Crippen molar-refractivity contribution in [3.8, 4) is 0 Å². The van der Waals surface area contributed by atoms with Gasteiger partial charge < -0.3 is 5.21 Å². The monoisotopic (exact) mass is 290 g/mol. The summed E-state index contributed by atoms with van der Waals surface area (Å²) in [5.74, 6) is 0. The van der Waals surface area contributed by atoms with Crippen LogP contribution in [0.2, 0.25) is 5.15 Å². The van der Waals surface area contributed by atoms with Crippen molar-refractivity contribution in [3.63, 3.8) is 0 Å². The van der Waals surface area contributed by atoms with Gasteiger partial charge in [-0.15, -0.1) is 0 Å². The summed E-state index contributed by atoms with van der Waals surface area (Å²) in [7, 11) is 0. The van der Waals surface area contributed by atoms with Gasteiger partial charge in [0.05, 0.1) is 11.1 Å². The summed E-state index contributed by atoms with van der Waals surface area (Å²) in [5, 5.41) is 21.9. The number of thiazole rings is 1. The Morgan fingerprint density at radius 2 is 2.29 bits per heavy atom. The van der Waals surface area contributed by atoms with E-state index in [1.807, 2.05) is 0 Å². The first-order valence-corrected chi connectivity index (χ1v) is 6.11. The van der Waals surface area contributed by atoms with Crippen molar-refractivity contribution >= 4 is 39.7 Å². The summed E-state index contributed by atoms with van der Waals surface area (Å²) in [6.45, 7) is 0. The lowest BCUT2D eigenvalue weighted by Crippen LogP contribution is -2.28. The fraction of sp³-hybridized carbons (Fsp3) is 0. The Morgan fingerprint density at radius 3 is 2.88 bits per heavy atom. The van der Waals surface area contributed by atoms with Crippen LogP contribution in [0.15, 0.2) is 28.0 Å². The van der Waals surface area contributed by atoms with Gasteiger partial charge in [0.25, 0.3) is 5.03 Å². The first-order valence-electron chi connectivity index (χ1n) is 4.09. The molecule has 10 heteroatoms. The Balaban J connectivity index is 2.28. The third-order valence-corrected chi connectivity index (χ3v) is 4.08. The number of halogens is 1. The molecule has 2 rings (SSSR count). The molecule has 0 fully saturated rings. The molecule has 0 amide bonds. The molecule has 0 unspecified atom stereocenters. The van der Waals surface area contributed by atoms with Gasteiger partial charge in [-0.1, -0.05) is 11.6 Å². The first-order chi connectivity index (χ1) is 8.08. The van der Waals surface area contributed by atoms with Crippen LogP contribution in [0.1, 0.15) is 0 Å². The molecule has 0 aliphatic rings. The summed E-state index contributed by atoms with van der Waals surface area (Å²) < 4.78 is 0.893. The van der Waals surface area contributed by atoms with Crippen molar-refractivity contribution in [1.82, 2.24) is 9.97 Å². The molecule has 0 N–H and O–H groups in total. The molecular formula is C7H3ClN4O3S2. The van der Waals surface area contributed by atoms with Crippen molar-refractivity contribution in [2.24, 2.45) is 0 Å². The topological polar surface area (TPSA) is 95.9 Å². The van der Waals surface area contributed by atoms with Gasteiger partial charge in [-0.3, -0.25) is 10.1 Å². The minimum absolute atomic E-state index is 0.0327. The van der Waals surface area contributed by atoms with Crippen LogP contribution in [0.5, 0.6) is 0 Å². The molecular weight excluding hydrogens is 288 g/mol. The fourth-order valence-electron chi connectivity index (χ4n) is 0.925. The molecule has 0 saturated heterocycles. The van der Waals surface area contributed by atoms with Gasteiger partial charge in [-0.2, -0.15) is 4.73 Å². The lowest BCUT2D eigenvalue weighted by molar-refractivity contribution is -0.646. The number of aromatic nitrogens is 3. The van der Waals surface area contributed by atoms with Gasteiger partial charge in [0.15, 0.2) is 10.5 Å². The van der Waals surface area contributed by atoms with Crippen molar-refractivity contribution in [2.45, 2.75) is 9.37 Å². The molecule has 0 saturated carbocycles. The molecule has 0 spiro atoms. The highest BCUT2D eigenvalue weighted by molar-refractivity contribution is 8.01. The van der Waals surface area contributed by atoms with Crippen molar-refractivity contribution in [2.75, 3.05) is 0 Å². The van der Waals surface area contributed by atoms with Crippen LogP contribution in [0.4, 0.5) is 5.00 Å². The molecule has 0 bridgehead atoms. The molecule has 7 nitrogen and oxygen atoms in total. The lowest BCUT2D eigenvalue weighted by atomic mass is 10.7. The first kappa shape index (κ1) is 12.0. The Kier molecular flexibility index (Phi) is 3.41. The summed E-state index contributed by atoms with van der Waals surface area (Å²) in [6.07, 6.45) is 3.59. The summed E-state index contributed by atoms with van der Waals surface area (Å²) >= 11 is 7.54. The van der Waals surface area contributed by atoms with E-state index in [1.165, 1.54) is 12.4 Å². The zero-order valence-corrected chi connectivity index (χ0v) is 10.3. The van der Waals surface area contributed by atoms with E-state index in [0.717, 1.165) is 29.3 Å². The highest BCUT2D eigenvalue weighted by Gasteiger charge is 2.19. The number of nitrogens with zero attached hydrogens (tertiary/aromatic N) is 4. The van der Waals surface area contributed by atoms with Crippen LogP contribution in [-0.2, 0) is 0 Å². The van der Waals surface area contributed by atoms with E-state index in [9.17, 15) is 15.3 Å². The fourth-order valence-corrected chi connectivity index (χ4v) is 2.86. The van der Waals surface area contributed by atoms with Crippen LogP contribution >= 0.6 is 34.7 Å². The van der Waals surface area contributed by atoms with E-state index in [1.54, 1.807) is 0 Å². The Labute approximate surface area is 108 Å². The Hall–Kier alpha value is -1.45. The zero-order valence-electron chi connectivity index (χ0n) is 7.94. The van der Waals surface area contributed by atoms with Crippen molar-refractivity contribution < 1.29 is 9.65 Å². The number of hydrogen-bond acceptors (Lipinski definition) is 7. The van der Waals surface area contributed by atoms with Gasteiger partial charge in [-0.05, 0) is 11.3 Å². The van der Waals surface area contributed by atoms with Crippen LogP contribution < -0.4 is 4.73 Å². The molecule has 88 valence electrons. The second-order valence-corrected chi connectivity index (χ2v) is 5.28. The quantitative estimate of drug-likeness (QED) is 0.371. The largest absolute Gasteiger partial charge is 0.618 e. The van der Waals surface area contributed by atoms with Gasteiger partial charge in [0, 0.05) is 11.8 Å². The highest BCUT2D eigenvalue weighted by atomic mass is 35.5. The maximum atomic E-state index is 11.4. The third-order valence-electron chi connectivity index (χ3n) is 1.60. The minimum atomic E-state index is -0.544. The predicted octanol–water partition coefficient (Wildman–Crippen LogP) is 1.88. The lowest BCUT2D eigenvalue weighted by Gasteiger charge is -2.01. The summed E-state index contributed by atoms with van der Waals surface area (Å²) in [5.41, 5.74) is 0. The Morgan fingerprint density at radius 1 is 1.53 bits per heavy atom. The third kappa shape index (κ3) is 2.62. The average molecular weight is 291 g/mol. The standard InChI is InChI=1S/C7H3ClN4O3S2/c8-5-6(11(13)2-1-9-5)17-7-10-3-4(16-7)12(14)15/h1-3H. The highest BCUT2D eigenvalue weighted by Crippen LogP contribution is 2.34. The smallest absolute Gasteiger partial charge is 0.344 e. The number of nitro groups is 1. The number of rotatable bonds is 3. The molecule has 2 aromatic heterocycles. The van der Waals surface area contributed by atoms with Crippen LogP contribution in [0.3, 0.4) is 0 Å². The molecule has 0 aliphatic carbocycles. The SMILES string of the molecule is O=[N+]([O-])c1cnc(Sc2c(Cl)ncc[n+]2[O-])s1. The van der Waals surface area contributed by atoms with Crippen LogP contribution in [-0.4, -0.2) is 14.9 Å². The minimum Gasteiger partial charge on any atom is -0.618 e. The van der Waals surface area contributed by atoms with Crippen LogP contribution in [0.25, 0.3) is 0 Å². The summed E-state index contributed by atoms with van der Waals surface area (Å²) in [4.78, 5) is 17.5. The second kappa shape index (κ2) is 4.82. The predicted molar refractivity (Wildman–Crippen MR) is 61.1 cm³/mol. The zero-order chi connectivity index (χ0) is 12.4. The second-order valence-electron chi connectivity index (χ2n) is 2.67. The van der Waals surface area contributed by atoms with Gasteiger partial charge >= 0.3 is 5.00 Å². The molecule has 0 aliphatic heterocycles. The molecule has 17 heavy (non-hydrogen) atoms. The normalized spacial score (nSPS) is 10.4. The maximum absolute atomic E-state index is 11.4. The maximum Gasteiger partial charge on any atom is 0.344 e. The Bertz CT molecular complexity index is 556. The van der Waals surface area contributed by atoms with Crippen LogP contribution in [0, 0.1) is 15.3 Å². The summed E-state index contributed by atoms with van der Waals surface area (Å²) in [6, 6.07) is 0. The molecule has 0 atom stereocenters. The molecule has 2 aromatic rings. The average Bonchev–Trinajstić information content (AvgIpc) is 2.72. The van der Waals surface area contributed by atoms with E-state index >= 15 is 0 Å². The van der Waals surface area contributed by atoms with Gasteiger partial charge in [-0.25, -0.2) is 9.97 Å². The van der Waals surface area contributed by atoms with E-state index < -0.39 is 4.92 Å². The molecule has 0 radical (unpaired) electrons. The van der Waals surface area contributed by atoms with Crippen molar-refractivity contribution in [1.29, 1.82) is 0 Å². The van der Waals surface area contributed by atoms with Gasteiger partial charge in [0.1, 0.15) is 6.20 Å². The molecule has 0 aromatic carbocycles. The van der Waals surface area contributed by atoms with E-state index in [0.29, 0.717) is 9.07 Å². The van der Waals surface area contributed by atoms with E-state index in [-0.39, 0.29) is 15.2 Å². The number of hydrogen-bond donors (Lipinski definition) is 0. The molecule has 2 heterocycles. The van der Waals surface area contributed by atoms with E-state index in [2.05, 4.69) is 9.97 Å². The van der Waals surface area contributed by atoms with Crippen molar-refractivity contribution in [3.05, 3.63) is 39.1 Å².